The molecule has 1 rings (SSSR count). The average molecular weight is 257 g/mol. The van der Waals surface area contributed by atoms with E-state index < -0.39 is 10.0 Å². The van der Waals surface area contributed by atoms with Gasteiger partial charge in [0.05, 0.1) is 13.2 Å². The van der Waals surface area contributed by atoms with Gasteiger partial charge in [-0.2, -0.15) is 0 Å². The zero-order valence-corrected chi connectivity index (χ0v) is 10.1. The van der Waals surface area contributed by atoms with Crippen LogP contribution in [0.3, 0.4) is 0 Å². The van der Waals surface area contributed by atoms with Gasteiger partial charge in [0.1, 0.15) is 10.7 Å². The molecule has 1 aromatic rings. The lowest BCUT2D eigenvalue weighted by molar-refractivity contribution is 0.168. The summed E-state index contributed by atoms with van der Waals surface area (Å²) in [6.45, 7) is 4.35. The highest BCUT2D eigenvalue weighted by Gasteiger charge is 2.13. The monoisotopic (exact) mass is 257 g/mol. The van der Waals surface area contributed by atoms with Crippen LogP contribution in [0.1, 0.15) is 0 Å². The Morgan fingerprint density at radius 2 is 2.29 bits per heavy atom. The van der Waals surface area contributed by atoms with Gasteiger partial charge < -0.3 is 10.5 Å². The molecule has 1 heterocycles. The van der Waals surface area contributed by atoms with Crippen molar-refractivity contribution in [3.05, 3.63) is 31.0 Å². The maximum Gasteiger partial charge on any atom is 0.242 e. The maximum absolute atomic E-state index is 11.7. The summed E-state index contributed by atoms with van der Waals surface area (Å²) >= 11 is 0. The van der Waals surface area contributed by atoms with Crippen LogP contribution in [-0.2, 0) is 14.8 Å². The first kappa shape index (κ1) is 13.6. The number of hydrogen-bond donors (Lipinski definition) is 2. The normalized spacial score (nSPS) is 11.3. The Kier molecular flexibility index (Phi) is 5.08. The molecule has 0 saturated carbocycles. The Hall–Kier alpha value is -1.44. The number of rotatable bonds is 7. The van der Waals surface area contributed by atoms with E-state index in [1.807, 2.05) is 0 Å². The van der Waals surface area contributed by atoms with Gasteiger partial charge in [0.15, 0.2) is 0 Å². The van der Waals surface area contributed by atoms with Crippen LogP contribution < -0.4 is 10.5 Å². The molecule has 0 bridgehead atoms. The van der Waals surface area contributed by atoms with E-state index in [2.05, 4.69) is 16.3 Å². The number of anilines is 1. The van der Waals surface area contributed by atoms with E-state index in [0.29, 0.717) is 6.61 Å². The number of sulfonamides is 1. The fourth-order valence-corrected chi connectivity index (χ4v) is 2.01. The van der Waals surface area contributed by atoms with E-state index in [0.717, 1.165) is 0 Å². The second kappa shape index (κ2) is 6.33. The third-order valence-electron chi connectivity index (χ3n) is 1.84. The summed E-state index contributed by atoms with van der Waals surface area (Å²) in [4.78, 5) is 3.80. The van der Waals surface area contributed by atoms with Crippen molar-refractivity contribution in [3.63, 3.8) is 0 Å². The molecular formula is C10H15N3O3S. The summed E-state index contributed by atoms with van der Waals surface area (Å²) < 4.78 is 30.9. The fraction of sp³-hybridized carbons (Fsp3) is 0.300. The summed E-state index contributed by atoms with van der Waals surface area (Å²) in [5, 5.41) is 0. The van der Waals surface area contributed by atoms with Gasteiger partial charge in [-0.25, -0.2) is 18.1 Å². The summed E-state index contributed by atoms with van der Waals surface area (Å²) in [5.74, 6) is 0.276. The molecule has 0 unspecified atom stereocenters. The molecule has 0 amide bonds. The number of ether oxygens (including phenoxy) is 1. The highest BCUT2D eigenvalue weighted by molar-refractivity contribution is 7.89. The first-order valence-corrected chi connectivity index (χ1v) is 6.44. The number of nitrogens with one attached hydrogen (secondary N) is 1. The van der Waals surface area contributed by atoms with Crippen molar-refractivity contribution in [1.29, 1.82) is 0 Å². The minimum absolute atomic E-state index is 0.0791. The predicted molar refractivity (Wildman–Crippen MR) is 64.9 cm³/mol. The van der Waals surface area contributed by atoms with Gasteiger partial charge in [0.25, 0.3) is 0 Å². The molecule has 0 fully saturated rings. The van der Waals surface area contributed by atoms with Crippen molar-refractivity contribution >= 4 is 15.8 Å². The molecule has 6 nitrogen and oxygen atoms in total. The fourth-order valence-electron chi connectivity index (χ4n) is 1.05. The van der Waals surface area contributed by atoms with Crippen molar-refractivity contribution in [2.24, 2.45) is 0 Å². The number of nitrogens with two attached hydrogens (primary N) is 1. The van der Waals surface area contributed by atoms with Gasteiger partial charge >= 0.3 is 0 Å². The number of nitrogens with zero attached hydrogens (tertiary/aromatic N) is 1. The maximum atomic E-state index is 11.7. The highest BCUT2D eigenvalue weighted by atomic mass is 32.2. The van der Waals surface area contributed by atoms with E-state index in [9.17, 15) is 8.42 Å². The molecule has 3 N–H and O–H groups in total. The Balaban J connectivity index is 2.51. The summed E-state index contributed by atoms with van der Waals surface area (Å²) in [7, 11) is -3.54. The topological polar surface area (TPSA) is 94.3 Å². The van der Waals surface area contributed by atoms with Crippen LogP contribution in [0.5, 0.6) is 0 Å². The molecule has 0 saturated heterocycles. The van der Waals surface area contributed by atoms with Gasteiger partial charge in [0, 0.05) is 12.7 Å². The number of hydrogen-bond acceptors (Lipinski definition) is 5. The van der Waals surface area contributed by atoms with E-state index in [4.69, 9.17) is 10.5 Å². The smallest absolute Gasteiger partial charge is 0.242 e. The molecule has 0 aliphatic heterocycles. The van der Waals surface area contributed by atoms with Crippen molar-refractivity contribution in [3.8, 4) is 0 Å². The van der Waals surface area contributed by atoms with Gasteiger partial charge in [-0.1, -0.05) is 6.08 Å². The minimum Gasteiger partial charge on any atom is -0.384 e. The Morgan fingerprint density at radius 3 is 2.88 bits per heavy atom. The Morgan fingerprint density at radius 1 is 1.53 bits per heavy atom. The molecule has 17 heavy (non-hydrogen) atoms. The molecule has 0 aliphatic carbocycles. The lowest BCUT2D eigenvalue weighted by atomic mass is 10.5. The van der Waals surface area contributed by atoms with Crippen molar-refractivity contribution in [2.75, 3.05) is 25.5 Å². The van der Waals surface area contributed by atoms with Gasteiger partial charge in [0.2, 0.25) is 10.0 Å². The Bertz CT molecular complexity index is 456. The van der Waals surface area contributed by atoms with E-state index in [1.54, 1.807) is 6.08 Å². The van der Waals surface area contributed by atoms with Crippen molar-refractivity contribution in [1.82, 2.24) is 9.71 Å². The lowest BCUT2D eigenvalue weighted by Crippen LogP contribution is -2.27. The van der Waals surface area contributed by atoms with Gasteiger partial charge in [-0.3, -0.25) is 0 Å². The number of aromatic nitrogens is 1. The second-order valence-electron chi connectivity index (χ2n) is 3.18. The molecular weight excluding hydrogens is 242 g/mol. The molecule has 0 radical (unpaired) electrons. The SMILES string of the molecule is C=CCOCCNS(=O)(=O)c1ccc(N)nc1. The first-order valence-electron chi connectivity index (χ1n) is 4.96. The zero-order chi connectivity index (χ0) is 12.7. The molecule has 0 spiro atoms. The van der Waals surface area contributed by atoms with E-state index >= 15 is 0 Å². The molecule has 0 aliphatic rings. The Labute approximate surface area is 101 Å². The number of nitrogen functional groups attached to an aromatic ring is 1. The van der Waals surface area contributed by atoms with E-state index in [1.165, 1.54) is 18.3 Å². The van der Waals surface area contributed by atoms with Crippen LogP contribution in [0.4, 0.5) is 5.82 Å². The predicted octanol–water partition coefficient (Wildman–Crippen LogP) is 0.145. The first-order chi connectivity index (χ1) is 8.06. The van der Waals surface area contributed by atoms with Crippen LogP contribution >= 0.6 is 0 Å². The molecule has 7 heteroatoms. The quantitative estimate of drug-likeness (QED) is 0.535. The standard InChI is InChI=1S/C10H15N3O3S/c1-2-6-16-7-5-13-17(14,15)9-3-4-10(11)12-8-9/h2-4,8,13H,1,5-7H2,(H2,11,12). The lowest BCUT2D eigenvalue weighted by Gasteiger charge is -2.06. The summed E-state index contributed by atoms with van der Waals surface area (Å²) in [6, 6.07) is 2.83. The van der Waals surface area contributed by atoms with Crippen LogP contribution in [0.15, 0.2) is 35.9 Å². The van der Waals surface area contributed by atoms with Crippen LogP contribution in [0.25, 0.3) is 0 Å². The van der Waals surface area contributed by atoms with Crippen molar-refractivity contribution in [2.45, 2.75) is 4.90 Å². The van der Waals surface area contributed by atoms with Crippen LogP contribution in [-0.4, -0.2) is 33.2 Å². The molecule has 0 aromatic carbocycles. The van der Waals surface area contributed by atoms with E-state index in [-0.39, 0.29) is 23.9 Å². The number of pyridine rings is 1. The molecule has 94 valence electrons. The van der Waals surface area contributed by atoms with Crippen LogP contribution in [0.2, 0.25) is 0 Å². The van der Waals surface area contributed by atoms with Crippen molar-refractivity contribution < 1.29 is 13.2 Å². The highest BCUT2D eigenvalue weighted by Crippen LogP contribution is 2.07. The van der Waals surface area contributed by atoms with Gasteiger partial charge in [-0.15, -0.1) is 6.58 Å². The van der Waals surface area contributed by atoms with Gasteiger partial charge in [-0.05, 0) is 12.1 Å². The molecule has 1 aromatic heterocycles. The summed E-state index contributed by atoms with van der Waals surface area (Å²) in [6.07, 6.45) is 2.81. The minimum atomic E-state index is -3.54. The van der Waals surface area contributed by atoms with Crippen LogP contribution in [0, 0.1) is 0 Å². The average Bonchev–Trinajstić information content (AvgIpc) is 2.29. The largest absolute Gasteiger partial charge is 0.384 e. The third-order valence-corrected chi connectivity index (χ3v) is 3.29. The molecule has 0 atom stereocenters. The zero-order valence-electron chi connectivity index (χ0n) is 9.30. The third kappa shape index (κ3) is 4.51. The summed E-state index contributed by atoms with van der Waals surface area (Å²) in [5.41, 5.74) is 5.37. The second-order valence-corrected chi connectivity index (χ2v) is 4.95.